The zero-order chi connectivity index (χ0) is 16.2. The Balaban J connectivity index is 1.86. The van der Waals surface area contributed by atoms with Crippen molar-refractivity contribution >= 4 is 33.2 Å². The van der Waals surface area contributed by atoms with E-state index in [0.29, 0.717) is 16.3 Å². The third-order valence-electron chi connectivity index (χ3n) is 3.89. The maximum Gasteiger partial charge on any atom is 0.164 e. The van der Waals surface area contributed by atoms with Crippen molar-refractivity contribution in [2.45, 2.75) is 25.9 Å². The second-order valence-corrected chi connectivity index (χ2v) is 7.08. The van der Waals surface area contributed by atoms with E-state index < -0.39 is 5.60 Å². The molecule has 1 aliphatic rings. The number of aromatic nitrogens is 3. The van der Waals surface area contributed by atoms with Crippen LogP contribution in [-0.2, 0) is 12.0 Å². The summed E-state index contributed by atoms with van der Waals surface area (Å²) in [7, 11) is 0. The normalized spacial score (nSPS) is 14.5. The van der Waals surface area contributed by atoms with Crippen LogP contribution in [0.1, 0.15) is 24.4 Å². The SMILES string of the molecule is CC(C)(O)c1nc2c(N3CCc4cc(F)ccc43)ncnc2s1. The lowest BCUT2D eigenvalue weighted by molar-refractivity contribution is 0.0785. The zero-order valence-electron chi connectivity index (χ0n) is 12.7. The molecule has 1 N–H and O–H groups in total. The van der Waals surface area contributed by atoms with E-state index in [9.17, 15) is 9.50 Å². The molecular formula is C16H15FN4OS. The number of rotatable bonds is 2. The summed E-state index contributed by atoms with van der Waals surface area (Å²) in [4.78, 5) is 16.0. The molecule has 0 saturated carbocycles. The predicted molar refractivity (Wildman–Crippen MR) is 87.6 cm³/mol. The molecule has 4 rings (SSSR count). The Labute approximate surface area is 136 Å². The zero-order valence-corrected chi connectivity index (χ0v) is 13.6. The minimum absolute atomic E-state index is 0.226. The Morgan fingerprint density at radius 1 is 1.30 bits per heavy atom. The highest BCUT2D eigenvalue weighted by molar-refractivity contribution is 7.18. The van der Waals surface area contributed by atoms with Crippen LogP contribution in [0.15, 0.2) is 24.5 Å². The molecule has 0 amide bonds. The minimum Gasteiger partial charge on any atom is -0.383 e. The highest BCUT2D eigenvalue weighted by Gasteiger charge is 2.27. The van der Waals surface area contributed by atoms with Gasteiger partial charge in [-0.05, 0) is 44.0 Å². The van der Waals surface area contributed by atoms with Crippen LogP contribution in [0.4, 0.5) is 15.9 Å². The van der Waals surface area contributed by atoms with Gasteiger partial charge < -0.3 is 10.0 Å². The summed E-state index contributed by atoms with van der Waals surface area (Å²) in [6.07, 6.45) is 2.27. The molecule has 0 bridgehead atoms. The van der Waals surface area contributed by atoms with Crippen molar-refractivity contribution in [1.29, 1.82) is 0 Å². The summed E-state index contributed by atoms with van der Waals surface area (Å²) in [5.41, 5.74) is 1.57. The van der Waals surface area contributed by atoms with E-state index in [2.05, 4.69) is 15.0 Å². The molecule has 0 unspecified atom stereocenters. The standard InChI is InChI=1S/C16H15FN4OS/c1-16(2,22)15-20-12-13(18-8-19-14(12)23-15)21-6-5-9-7-10(17)3-4-11(9)21/h3-4,7-8,22H,5-6H2,1-2H3. The van der Waals surface area contributed by atoms with Crippen molar-refractivity contribution in [3.8, 4) is 0 Å². The first-order valence-electron chi connectivity index (χ1n) is 7.34. The number of nitrogens with zero attached hydrogens (tertiary/aromatic N) is 4. The molecule has 2 aromatic heterocycles. The van der Waals surface area contributed by atoms with Gasteiger partial charge >= 0.3 is 0 Å². The van der Waals surface area contributed by atoms with Crippen LogP contribution < -0.4 is 4.90 Å². The van der Waals surface area contributed by atoms with Crippen molar-refractivity contribution in [2.24, 2.45) is 0 Å². The second-order valence-electron chi connectivity index (χ2n) is 6.10. The maximum absolute atomic E-state index is 13.4. The van der Waals surface area contributed by atoms with Gasteiger partial charge in [-0.2, -0.15) is 0 Å². The molecule has 0 radical (unpaired) electrons. The van der Waals surface area contributed by atoms with Crippen molar-refractivity contribution in [2.75, 3.05) is 11.4 Å². The average Bonchev–Trinajstić information content (AvgIpc) is 3.09. The van der Waals surface area contributed by atoms with Crippen molar-refractivity contribution < 1.29 is 9.50 Å². The lowest BCUT2D eigenvalue weighted by Gasteiger charge is -2.18. The number of fused-ring (bicyclic) bond motifs is 2. The van der Waals surface area contributed by atoms with E-state index in [1.165, 1.54) is 23.7 Å². The molecule has 23 heavy (non-hydrogen) atoms. The largest absolute Gasteiger partial charge is 0.383 e. The second kappa shape index (κ2) is 4.94. The predicted octanol–water partition coefficient (Wildman–Crippen LogP) is 3.15. The van der Waals surface area contributed by atoms with E-state index in [0.717, 1.165) is 29.0 Å². The summed E-state index contributed by atoms with van der Waals surface area (Å²) in [5.74, 6) is 0.475. The van der Waals surface area contributed by atoms with Crippen molar-refractivity contribution in [3.63, 3.8) is 0 Å². The number of anilines is 2. The molecule has 7 heteroatoms. The van der Waals surface area contributed by atoms with Crippen LogP contribution >= 0.6 is 11.3 Å². The number of hydrogen-bond acceptors (Lipinski definition) is 6. The Morgan fingerprint density at radius 3 is 2.91 bits per heavy atom. The van der Waals surface area contributed by atoms with E-state index in [1.807, 2.05) is 4.90 Å². The first-order valence-corrected chi connectivity index (χ1v) is 8.15. The van der Waals surface area contributed by atoms with E-state index >= 15 is 0 Å². The molecule has 0 fully saturated rings. The molecule has 5 nitrogen and oxygen atoms in total. The molecule has 1 aliphatic heterocycles. The van der Waals surface area contributed by atoms with Crippen molar-refractivity contribution in [1.82, 2.24) is 15.0 Å². The fourth-order valence-corrected chi connectivity index (χ4v) is 3.70. The van der Waals surface area contributed by atoms with Gasteiger partial charge in [0.15, 0.2) is 5.82 Å². The van der Waals surface area contributed by atoms with Crippen LogP contribution in [0, 0.1) is 5.82 Å². The summed E-state index contributed by atoms with van der Waals surface area (Å²) in [6, 6.07) is 4.80. The van der Waals surface area contributed by atoms with Crippen LogP contribution in [0.5, 0.6) is 0 Å². The molecule has 0 saturated heterocycles. The van der Waals surface area contributed by atoms with Crippen LogP contribution in [0.2, 0.25) is 0 Å². The first-order chi connectivity index (χ1) is 10.9. The van der Waals surface area contributed by atoms with Gasteiger partial charge in [-0.15, -0.1) is 0 Å². The molecule has 118 valence electrons. The summed E-state index contributed by atoms with van der Waals surface area (Å²) < 4.78 is 13.4. The van der Waals surface area contributed by atoms with Gasteiger partial charge in [-0.3, -0.25) is 0 Å². The molecule has 1 aromatic carbocycles. The fraction of sp³-hybridized carbons (Fsp3) is 0.312. The van der Waals surface area contributed by atoms with E-state index in [4.69, 9.17) is 0 Å². The molecule has 3 aromatic rings. The number of benzene rings is 1. The third-order valence-corrected chi connectivity index (χ3v) is 5.17. The van der Waals surface area contributed by atoms with Crippen LogP contribution in [0.3, 0.4) is 0 Å². The van der Waals surface area contributed by atoms with Gasteiger partial charge in [-0.1, -0.05) is 11.3 Å². The van der Waals surface area contributed by atoms with Gasteiger partial charge in [0.1, 0.15) is 33.1 Å². The van der Waals surface area contributed by atoms with E-state index in [1.54, 1.807) is 26.0 Å². The van der Waals surface area contributed by atoms with Gasteiger partial charge in [0.25, 0.3) is 0 Å². The van der Waals surface area contributed by atoms with Gasteiger partial charge in [0, 0.05) is 12.2 Å². The average molecular weight is 330 g/mol. The molecular weight excluding hydrogens is 315 g/mol. The molecule has 0 atom stereocenters. The number of hydrogen-bond donors (Lipinski definition) is 1. The Bertz CT molecular complexity index is 903. The van der Waals surface area contributed by atoms with E-state index in [-0.39, 0.29) is 5.82 Å². The highest BCUT2D eigenvalue weighted by atomic mass is 32.1. The smallest absolute Gasteiger partial charge is 0.164 e. The van der Waals surface area contributed by atoms with Crippen molar-refractivity contribution in [3.05, 3.63) is 40.9 Å². The lowest BCUT2D eigenvalue weighted by Crippen LogP contribution is -2.16. The topological polar surface area (TPSA) is 62.1 Å². The monoisotopic (exact) mass is 330 g/mol. The van der Waals surface area contributed by atoms with Gasteiger partial charge in [0.2, 0.25) is 0 Å². The molecule has 0 aliphatic carbocycles. The summed E-state index contributed by atoms with van der Waals surface area (Å²) in [5, 5.41) is 10.8. The minimum atomic E-state index is -1.02. The third kappa shape index (κ3) is 2.36. The Kier molecular flexibility index (Phi) is 3.11. The highest BCUT2D eigenvalue weighted by Crippen LogP contribution is 2.38. The molecule has 0 spiro atoms. The molecule has 3 heterocycles. The first kappa shape index (κ1) is 14.5. The Morgan fingerprint density at radius 2 is 2.13 bits per heavy atom. The number of halogens is 1. The van der Waals surface area contributed by atoms with Gasteiger partial charge in [0.05, 0.1) is 0 Å². The van der Waals surface area contributed by atoms with Gasteiger partial charge in [-0.25, -0.2) is 19.3 Å². The quantitative estimate of drug-likeness (QED) is 0.782. The Hall–Kier alpha value is -2.12. The summed E-state index contributed by atoms with van der Waals surface area (Å²) in [6.45, 7) is 4.12. The number of thiazole rings is 1. The fourth-order valence-electron chi connectivity index (χ4n) is 2.79. The number of aliphatic hydroxyl groups is 1. The summed E-state index contributed by atoms with van der Waals surface area (Å²) >= 11 is 1.36. The lowest BCUT2D eigenvalue weighted by atomic mass is 10.1. The maximum atomic E-state index is 13.4. The van der Waals surface area contributed by atoms with Crippen LogP contribution in [0.25, 0.3) is 10.3 Å². The van der Waals surface area contributed by atoms with Crippen LogP contribution in [-0.4, -0.2) is 26.6 Å².